The molecule has 0 spiro atoms. The van der Waals surface area contributed by atoms with Gasteiger partial charge < -0.3 is 14.2 Å². The van der Waals surface area contributed by atoms with Gasteiger partial charge in [-0.3, -0.25) is 14.6 Å². The highest BCUT2D eigenvalue weighted by molar-refractivity contribution is 6.57. The van der Waals surface area contributed by atoms with Crippen molar-refractivity contribution in [1.82, 2.24) is 4.98 Å². The number of hydrogen-bond donors (Lipinski definition) is 0. The molecule has 1 aromatic heterocycles. The molecule has 2 aromatic rings. The molecule has 140 valence electrons. The van der Waals surface area contributed by atoms with E-state index in [0.29, 0.717) is 41.3 Å². The maximum atomic E-state index is 12.1. The molecular weight excluding hydrogens is 372 g/mol. The molecule has 27 heavy (non-hydrogen) atoms. The number of allylic oxidation sites excluding steroid dienone is 2. The Morgan fingerprint density at radius 1 is 1.19 bits per heavy atom. The number of Topliss-reactive ketones (excluding diaryl/α,β-unsaturated/α-hetero) is 1. The summed E-state index contributed by atoms with van der Waals surface area (Å²) in [5.74, 6) is 0.316. The lowest BCUT2D eigenvalue weighted by Gasteiger charge is -2.13. The highest BCUT2D eigenvalue weighted by Gasteiger charge is 2.23. The number of ketones is 2. The minimum absolute atomic E-state index is 0.0712. The van der Waals surface area contributed by atoms with E-state index in [9.17, 15) is 9.59 Å². The predicted molar refractivity (Wildman–Crippen MR) is 101 cm³/mol. The Hall–Kier alpha value is -2.77. The van der Waals surface area contributed by atoms with Crippen LogP contribution in [-0.4, -0.2) is 49.7 Å². The fraction of sp³-hybridized carbons (Fsp3) is 0.263. The number of carbonyl (C=O) groups excluding carboxylic acids is 2. The number of halogens is 1. The molecule has 3 rings (SSSR count). The molecular formula is C19H17ClN2O5. The summed E-state index contributed by atoms with van der Waals surface area (Å²) in [6.07, 6.45) is 2.54. The largest absolute Gasteiger partial charge is 0.493 e. The summed E-state index contributed by atoms with van der Waals surface area (Å²) in [6.45, 7) is 0.804. The smallest absolute Gasteiger partial charge is 0.202 e. The molecule has 1 aromatic carbocycles. The molecule has 0 unspecified atom stereocenters. The van der Waals surface area contributed by atoms with E-state index in [1.807, 2.05) is 0 Å². The summed E-state index contributed by atoms with van der Waals surface area (Å²) in [7, 11) is 3.12. The number of rotatable bonds is 6. The van der Waals surface area contributed by atoms with Crippen molar-refractivity contribution in [3.8, 4) is 11.5 Å². The number of aromatic nitrogens is 1. The second-order valence-electron chi connectivity index (χ2n) is 5.71. The lowest BCUT2D eigenvalue weighted by atomic mass is 10.0. The molecule has 0 saturated heterocycles. The van der Waals surface area contributed by atoms with Gasteiger partial charge in [0.15, 0.2) is 17.3 Å². The Morgan fingerprint density at radius 2 is 2.00 bits per heavy atom. The standard InChI is InChI=1S/C19H17ClN2O5/c1-25-5-6-27-19-10-14-11(7-18(19)26-2)13(3-4-21-14)22-15-9-16(23)12(20)8-17(15)24/h3-4,7-8,10H,5-6,9H2,1-2H3. The minimum Gasteiger partial charge on any atom is -0.493 e. The highest BCUT2D eigenvalue weighted by Crippen LogP contribution is 2.36. The van der Waals surface area contributed by atoms with Gasteiger partial charge in [-0.05, 0) is 12.1 Å². The molecule has 0 fully saturated rings. The van der Waals surface area contributed by atoms with Crippen LogP contribution in [0, 0.1) is 0 Å². The van der Waals surface area contributed by atoms with Crippen LogP contribution in [0.25, 0.3) is 10.9 Å². The molecule has 0 amide bonds. The van der Waals surface area contributed by atoms with Gasteiger partial charge in [0.2, 0.25) is 5.78 Å². The van der Waals surface area contributed by atoms with Crippen molar-refractivity contribution in [3.05, 3.63) is 35.5 Å². The van der Waals surface area contributed by atoms with Crippen molar-refractivity contribution in [2.45, 2.75) is 6.42 Å². The minimum atomic E-state index is -0.379. The topological polar surface area (TPSA) is 87.1 Å². The van der Waals surface area contributed by atoms with Crippen molar-refractivity contribution in [3.63, 3.8) is 0 Å². The molecule has 8 heteroatoms. The zero-order valence-electron chi connectivity index (χ0n) is 14.8. The molecule has 0 N–H and O–H groups in total. The third kappa shape index (κ3) is 4.15. The number of hydrogen-bond acceptors (Lipinski definition) is 7. The Labute approximate surface area is 160 Å². The fourth-order valence-electron chi connectivity index (χ4n) is 2.59. The third-order valence-corrected chi connectivity index (χ3v) is 4.26. The zero-order valence-corrected chi connectivity index (χ0v) is 15.6. The van der Waals surface area contributed by atoms with Crippen LogP contribution in [0.15, 0.2) is 40.5 Å². The van der Waals surface area contributed by atoms with Crippen molar-refractivity contribution >= 4 is 45.5 Å². The fourth-order valence-corrected chi connectivity index (χ4v) is 2.75. The summed E-state index contributed by atoms with van der Waals surface area (Å²) >= 11 is 5.72. The van der Waals surface area contributed by atoms with E-state index in [1.54, 1.807) is 31.5 Å². The second kappa shape index (κ2) is 8.28. The van der Waals surface area contributed by atoms with Crippen LogP contribution in [-0.2, 0) is 14.3 Å². The lowest BCUT2D eigenvalue weighted by molar-refractivity contribution is -0.116. The second-order valence-corrected chi connectivity index (χ2v) is 6.11. The first-order valence-corrected chi connectivity index (χ1v) is 8.52. The summed E-state index contributed by atoms with van der Waals surface area (Å²) in [5.41, 5.74) is 1.26. The molecule has 0 bridgehead atoms. The van der Waals surface area contributed by atoms with Crippen LogP contribution in [0.2, 0.25) is 0 Å². The first-order valence-electron chi connectivity index (χ1n) is 8.14. The number of ether oxygens (including phenoxy) is 3. The number of methoxy groups -OCH3 is 2. The van der Waals surface area contributed by atoms with E-state index in [4.69, 9.17) is 25.8 Å². The Balaban J connectivity index is 2.03. The van der Waals surface area contributed by atoms with Gasteiger partial charge >= 0.3 is 0 Å². The van der Waals surface area contributed by atoms with Crippen molar-refractivity contribution < 1.29 is 23.8 Å². The maximum absolute atomic E-state index is 12.1. The lowest BCUT2D eigenvalue weighted by Crippen LogP contribution is -2.22. The summed E-state index contributed by atoms with van der Waals surface area (Å²) < 4.78 is 16.0. The molecule has 0 radical (unpaired) electrons. The van der Waals surface area contributed by atoms with Gasteiger partial charge in [0.1, 0.15) is 6.61 Å². The highest BCUT2D eigenvalue weighted by atomic mass is 35.5. The summed E-state index contributed by atoms with van der Waals surface area (Å²) in [5, 5.41) is 0.597. The summed E-state index contributed by atoms with van der Waals surface area (Å²) in [6, 6.07) is 5.14. The SMILES string of the molecule is COCCOc1cc2nccc(N=C3CC(=O)C(Cl)=CC3=O)c2cc1OC. The van der Waals surface area contributed by atoms with Gasteiger partial charge in [0, 0.05) is 30.8 Å². The third-order valence-electron chi connectivity index (χ3n) is 3.94. The van der Waals surface area contributed by atoms with Gasteiger partial charge in [-0.25, -0.2) is 4.99 Å². The van der Waals surface area contributed by atoms with E-state index in [0.717, 1.165) is 6.08 Å². The quantitative estimate of drug-likeness (QED) is 0.707. The average molecular weight is 389 g/mol. The predicted octanol–water partition coefficient (Wildman–Crippen LogP) is 3.01. The van der Waals surface area contributed by atoms with Crippen molar-refractivity contribution in [1.29, 1.82) is 0 Å². The van der Waals surface area contributed by atoms with Crippen LogP contribution >= 0.6 is 11.6 Å². The van der Waals surface area contributed by atoms with Crippen molar-refractivity contribution in [2.24, 2.45) is 4.99 Å². The van der Waals surface area contributed by atoms with E-state index < -0.39 is 0 Å². The zero-order chi connectivity index (χ0) is 19.4. The molecule has 1 heterocycles. The Bertz CT molecular complexity index is 968. The van der Waals surface area contributed by atoms with E-state index in [1.165, 1.54) is 7.11 Å². The Kier molecular flexibility index (Phi) is 5.83. The number of carbonyl (C=O) groups is 2. The van der Waals surface area contributed by atoms with Gasteiger partial charge in [-0.1, -0.05) is 11.6 Å². The van der Waals surface area contributed by atoms with E-state index >= 15 is 0 Å². The van der Waals surface area contributed by atoms with Crippen LogP contribution in [0.5, 0.6) is 11.5 Å². The number of benzene rings is 1. The maximum Gasteiger partial charge on any atom is 0.202 e. The van der Waals surface area contributed by atoms with Gasteiger partial charge in [0.05, 0.1) is 42.1 Å². The average Bonchev–Trinajstić information content (AvgIpc) is 2.66. The monoisotopic (exact) mass is 388 g/mol. The molecule has 0 aliphatic heterocycles. The van der Waals surface area contributed by atoms with Gasteiger partial charge in [0.25, 0.3) is 0 Å². The molecule has 7 nitrogen and oxygen atoms in total. The van der Waals surface area contributed by atoms with Crippen LogP contribution in [0.3, 0.4) is 0 Å². The number of aliphatic imine (C=N–C) groups is 1. The van der Waals surface area contributed by atoms with Crippen LogP contribution in [0.1, 0.15) is 6.42 Å². The molecule has 1 aliphatic carbocycles. The van der Waals surface area contributed by atoms with E-state index in [2.05, 4.69) is 9.98 Å². The first-order chi connectivity index (χ1) is 13.0. The number of nitrogens with zero attached hydrogens (tertiary/aromatic N) is 2. The summed E-state index contributed by atoms with van der Waals surface area (Å²) in [4.78, 5) is 32.6. The van der Waals surface area contributed by atoms with Crippen molar-refractivity contribution in [2.75, 3.05) is 27.4 Å². The molecule has 1 aliphatic rings. The number of pyridine rings is 1. The van der Waals surface area contributed by atoms with Gasteiger partial charge in [-0.15, -0.1) is 0 Å². The molecule has 0 atom stereocenters. The Morgan fingerprint density at radius 3 is 2.74 bits per heavy atom. The van der Waals surface area contributed by atoms with Gasteiger partial charge in [-0.2, -0.15) is 0 Å². The first kappa shape index (κ1) is 19.0. The number of fused-ring (bicyclic) bond motifs is 1. The van der Waals surface area contributed by atoms with E-state index in [-0.39, 0.29) is 28.7 Å². The molecule has 0 saturated carbocycles. The normalized spacial score (nSPS) is 16.0. The van der Waals surface area contributed by atoms with Crippen LogP contribution < -0.4 is 9.47 Å². The van der Waals surface area contributed by atoms with Crippen LogP contribution in [0.4, 0.5) is 5.69 Å².